The fraction of sp³-hybridized carbons (Fsp3) is 0.385. The van der Waals surface area contributed by atoms with E-state index in [2.05, 4.69) is 18.8 Å². The quantitative estimate of drug-likeness (QED) is 0.377. The highest BCUT2D eigenvalue weighted by molar-refractivity contribution is 7.90. The maximum atomic E-state index is 13.4. The van der Waals surface area contributed by atoms with Gasteiger partial charge in [0.15, 0.2) is 0 Å². The summed E-state index contributed by atoms with van der Waals surface area (Å²) in [4.78, 5) is 19.5. The van der Waals surface area contributed by atoms with Crippen LogP contribution in [0.5, 0.6) is 0 Å². The molecule has 3 aromatic rings. The van der Waals surface area contributed by atoms with Crippen molar-refractivity contribution in [3.05, 3.63) is 82.1 Å². The number of amides is 1. The molecule has 1 heterocycles. The number of benzene rings is 2. The van der Waals surface area contributed by atoms with E-state index < -0.39 is 9.84 Å². The number of hydrogen-bond donors (Lipinski definition) is 0. The average molecular weight is 502 g/mol. The van der Waals surface area contributed by atoms with Crippen molar-refractivity contribution >= 4 is 27.3 Å². The van der Waals surface area contributed by atoms with Crippen LogP contribution < -0.4 is 0 Å². The standard InChI is InChI=1S/C26H32ClN3O3S/c1-18(2)15-29(25(31)24-12-7-6-9-20(24)5)16-23-14-28-26(30(23)19(3)4)34(32,33)17-21-10-8-11-22(27)13-21/h6-14,18-19H,15-17H2,1-5H3. The summed E-state index contributed by atoms with van der Waals surface area (Å²) >= 11 is 6.04. The molecule has 0 atom stereocenters. The fourth-order valence-electron chi connectivity index (χ4n) is 4.03. The predicted octanol–water partition coefficient (Wildman–Crippen LogP) is 5.70. The first-order valence-electron chi connectivity index (χ1n) is 11.4. The predicted molar refractivity (Wildman–Crippen MR) is 136 cm³/mol. The molecule has 0 aliphatic heterocycles. The third kappa shape index (κ3) is 6.07. The van der Waals surface area contributed by atoms with E-state index in [4.69, 9.17) is 11.6 Å². The van der Waals surface area contributed by atoms with Gasteiger partial charge in [-0.3, -0.25) is 4.79 Å². The van der Waals surface area contributed by atoms with Gasteiger partial charge in [-0.15, -0.1) is 0 Å². The number of sulfone groups is 1. The zero-order chi connectivity index (χ0) is 25.0. The van der Waals surface area contributed by atoms with E-state index in [9.17, 15) is 13.2 Å². The minimum atomic E-state index is -3.73. The molecule has 3 rings (SSSR count). The van der Waals surface area contributed by atoms with Crippen molar-refractivity contribution in [1.82, 2.24) is 14.5 Å². The minimum Gasteiger partial charge on any atom is -0.332 e. The fourth-order valence-corrected chi connectivity index (χ4v) is 5.83. The number of rotatable bonds is 9. The Morgan fingerprint density at radius 3 is 2.41 bits per heavy atom. The van der Waals surface area contributed by atoms with E-state index in [1.165, 1.54) is 0 Å². The summed E-state index contributed by atoms with van der Waals surface area (Å²) in [5, 5.41) is 0.491. The number of carbonyl (C=O) groups excluding carboxylic acids is 1. The summed E-state index contributed by atoms with van der Waals surface area (Å²) in [6.07, 6.45) is 1.57. The van der Waals surface area contributed by atoms with Gasteiger partial charge in [0.1, 0.15) is 0 Å². The van der Waals surface area contributed by atoms with Gasteiger partial charge in [0, 0.05) is 23.2 Å². The molecule has 0 N–H and O–H groups in total. The van der Waals surface area contributed by atoms with Crippen molar-refractivity contribution in [2.45, 2.75) is 58.1 Å². The molecule has 1 amide bonds. The van der Waals surface area contributed by atoms with Gasteiger partial charge in [-0.2, -0.15) is 0 Å². The van der Waals surface area contributed by atoms with Crippen LogP contribution >= 0.6 is 11.6 Å². The number of nitrogens with zero attached hydrogens (tertiary/aromatic N) is 3. The van der Waals surface area contributed by atoms with Crippen molar-refractivity contribution in [1.29, 1.82) is 0 Å². The van der Waals surface area contributed by atoms with Crippen molar-refractivity contribution in [2.24, 2.45) is 5.92 Å². The Kier molecular flexibility index (Phi) is 8.21. The Morgan fingerprint density at radius 1 is 1.09 bits per heavy atom. The van der Waals surface area contributed by atoms with Crippen LogP contribution in [0.1, 0.15) is 60.9 Å². The average Bonchev–Trinajstić information content (AvgIpc) is 3.17. The van der Waals surface area contributed by atoms with Crippen molar-refractivity contribution in [3.63, 3.8) is 0 Å². The van der Waals surface area contributed by atoms with Gasteiger partial charge in [-0.25, -0.2) is 13.4 Å². The van der Waals surface area contributed by atoms with Gasteiger partial charge in [-0.1, -0.05) is 55.8 Å². The van der Waals surface area contributed by atoms with Crippen LogP contribution in [0.25, 0.3) is 0 Å². The third-order valence-electron chi connectivity index (χ3n) is 5.48. The van der Waals surface area contributed by atoms with E-state index in [1.54, 1.807) is 39.9 Å². The van der Waals surface area contributed by atoms with E-state index >= 15 is 0 Å². The van der Waals surface area contributed by atoms with E-state index in [-0.39, 0.29) is 35.3 Å². The number of imidazole rings is 1. The molecule has 0 aliphatic rings. The van der Waals surface area contributed by atoms with Crippen LogP contribution in [-0.2, 0) is 22.1 Å². The van der Waals surface area contributed by atoms with Crippen LogP contribution in [0.3, 0.4) is 0 Å². The van der Waals surface area contributed by atoms with Gasteiger partial charge >= 0.3 is 0 Å². The Hall–Kier alpha value is -2.64. The molecular formula is C26H32ClN3O3S. The molecule has 0 unspecified atom stereocenters. The smallest absolute Gasteiger partial charge is 0.254 e. The van der Waals surface area contributed by atoms with Gasteiger partial charge in [0.25, 0.3) is 5.91 Å². The Balaban J connectivity index is 1.97. The number of aromatic nitrogens is 2. The van der Waals surface area contributed by atoms with Crippen LogP contribution in [-0.4, -0.2) is 35.3 Å². The molecule has 0 saturated carbocycles. The topological polar surface area (TPSA) is 72.3 Å². The second-order valence-electron chi connectivity index (χ2n) is 9.28. The lowest BCUT2D eigenvalue weighted by Crippen LogP contribution is -2.35. The highest BCUT2D eigenvalue weighted by atomic mass is 35.5. The Bertz CT molecular complexity index is 1270. The summed E-state index contributed by atoms with van der Waals surface area (Å²) in [6, 6.07) is 14.2. The summed E-state index contributed by atoms with van der Waals surface area (Å²) in [5.74, 6) is -0.0322. The molecule has 0 aliphatic carbocycles. The second kappa shape index (κ2) is 10.7. The molecule has 0 spiro atoms. The van der Waals surface area contributed by atoms with Crippen LogP contribution in [0.4, 0.5) is 0 Å². The molecule has 0 radical (unpaired) electrons. The molecule has 8 heteroatoms. The van der Waals surface area contributed by atoms with E-state index in [0.29, 0.717) is 28.4 Å². The SMILES string of the molecule is Cc1ccccc1C(=O)N(Cc1cnc(S(=O)(=O)Cc2cccc(Cl)c2)n1C(C)C)CC(C)C. The normalized spacial score (nSPS) is 11.9. The van der Waals surface area contributed by atoms with E-state index in [0.717, 1.165) is 5.56 Å². The first-order valence-corrected chi connectivity index (χ1v) is 13.4. The lowest BCUT2D eigenvalue weighted by Gasteiger charge is -2.27. The number of hydrogen-bond acceptors (Lipinski definition) is 4. The summed E-state index contributed by atoms with van der Waals surface area (Å²) in [5.41, 5.74) is 2.83. The molecule has 6 nitrogen and oxygen atoms in total. The summed E-state index contributed by atoms with van der Waals surface area (Å²) in [7, 11) is -3.73. The molecule has 0 saturated heterocycles. The van der Waals surface area contributed by atoms with Crippen molar-refractivity contribution in [3.8, 4) is 0 Å². The Morgan fingerprint density at radius 2 is 1.79 bits per heavy atom. The van der Waals surface area contributed by atoms with Crippen LogP contribution in [0.15, 0.2) is 59.9 Å². The largest absolute Gasteiger partial charge is 0.332 e. The second-order valence-corrected chi connectivity index (χ2v) is 11.6. The first-order chi connectivity index (χ1) is 16.0. The monoisotopic (exact) mass is 501 g/mol. The highest BCUT2D eigenvalue weighted by Gasteiger charge is 2.27. The summed E-state index contributed by atoms with van der Waals surface area (Å²) < 4.78 is 28.3. The maximum absolute atomic E-state index is 13.4. The van der Waals surface area contributed by atoms with Crippen molar-refractivity contribution in [2.75, 3.05) is 6.54 Å². The molecule has 2 aromatic carbocycles. The van der Waals surface area contributed by atoms with Gasteiger partial charge in [0.05, 0.1) is 24.2 Å². The maximum Gasteiger partial charge on any atom is 0.254 e. The number of carbonyl (C=O) groups is 1. The Labute approximate surface area is 207 Å². The van der Waals surface area contributed by atoms with Gasteiger partial charge in [-0.05, 0) is 56.0 Å². The first kappa shape index (κ1) is 26.0. The zero-order valence-corrected chi connectivity index (χ0v) is 21.9. The van der Waals surface area contributed by atoms with Gasteiger partial charge in [0.2, 0.25) is 15.0 Å². The van der Waals surface area contributed by atoms with Crippen molar-refractivity contribution < 1.29 is 13.2 Å². The molecule has 0 bridgehead atoms. The minimum absolute atomic E-state index is 0.00492. The molecule has 34 heavy (non-hydrogen) atoms. The molecular weight excluding hydrogens is 470 g/mol. The highest BCUT2D eigenvalue weighted by Crippen LogP contribution is 2.24. The van der Waals surface area contributed by atoms with E-state index in [1.807, 2.05) is 45.0 Å². The molecule has 182 valence electrons. The molecule has 0 fully saturated rings. The third-order valence-corrected chi connectivity index (χ3v) is 7.29. The lowest BCUT2D eigenvalue weighted by atomic mass is 10.1. The lowest BCUT2D eigenvalue weighted by molar-refractivity contribution is 0.0716. The van der Waals surface area contributed by atoms with Gasteiger partial charge < -0.3 is 9.47 Å². The molecule has 1 aromatic heterocycles. The number of aryl methyl sites for hydroxylation is 1. The zero-order valence-electron chi connectivity index (χ0n) is 20.3. The van der Waals surface area contributed by atoms with Crippen LogP contribution in [0, 0.1) is 12.8 Å². The van der Waals surface area contributed by atoms with Crippen LogP contribution in [0.2, 0.25) is 5.02 Å². The number of halogens is 1. The summed E-state index contributed by atoms with van der Waals surface area (Å²) in [6.45, 7) is 10.7.